The van der Waals surface area contributed by atoms with Crippen LogP contribution in [0.4, 0.5) is 0 Å². The summed E-state index contributed by atoms with van der Waals surface area (Å²) in [5.41, 5.74) is 35.1. The Balaban J connectivity index is 4.95. The Kier molecular flexibility index (Phi) is 24.6. The fourth-order valence-corrected chi connectivity index (χ4v) is 4.68. The molecule has 0 saturated carbocycles. The van der Waals surface area contributed by atoms with E-state index in [0.29, 0.717) is 26.2 Å². The second-order valence-corrected chi connectivity index (χ2v) is 12.6. The fourth-order valence-electron chi connectivity index (χ4n) is 4.68. The van der Waals surface area contributed by atoms with Gasteiger partial charge >= 0.3 is 0 Å². The summed E-state index contributed by atoms with van der Waals surface area (Å²) < 4.78 is 0. The van der Waals surface area contributed by atoms with E-state index in [-0.39, 0.29) is 11.1 Å². The van der Waals surface area contributed by atoms with Crippen LogP contribution in [0.15, 0.2) is 0 Å². The lowest BCUT2D eigenvalue weighted by molar-refractivity contribution is 0.177. The van der Waals surface area contributed by atoms with Crippen LogP contribution in [0.5, 0.6) is 0 Å². The summed E-state index contributed by atoms with van der Waals surface area (Å²) in [6, 6.07) is 0. The Morgan fingerprint density at radius 2 is 0.780 bits per heavy atom. The molecule has 15 N–H and O–H groups in total. The second-order valence-electron chi connectivity index (χ2n) is 12.6. The van der Waals surface area contributed by atoms with Crippen LogP contribution >= 0.6 is 0 Å². The van der Waals surface area contributed by atoms with E-state index in [0.717, 1.165) is 118 Å². The molecule has 0 aliphatic carbocycles. The van der Waals surface area contributed by atoms with Gasteiger partial charge in [-0.2, -0.15) is 0 Å². The normalized spacial score (nSPS) is 13.0. The van der Waals surface area contributed by atoms with Crippen molar-refractivity contribution in [2.45, 2.75) is 38.8 Å². The highest BCUT2D eigenvalue weighted by atomic mass is 15.2. The Morgan fingerprint density at radius 3 is 1.20 bits per heavy atom. The van der Waals surface area contributed by atoms with Gasteiger partial charge in [-0.15, -0.1) is 0 Å². The molecule has 0 aromatic carbocycles. The molecule has 0 radical (unpaired) electrons. The largest absolute Gasteiger partial charge is 0.329 e. The van der Waals surface area contributed by atoms with Crippen molar-refractivity contribution < 1.29 is 0 Å². The number of nitrogens with one attached hydrogen (secondary N) is 3. The molecule has 0 unspecified atom stereocenters. The molecule has 0 heterocycles. The molecule has 0 bridgehead atoms. The van der Waals surface area contributed by atoms with Gasteiger partial charge in [0.05, 0.1) is 0 Å². The van der Waals surface area contributed by atoms with Crippen LogP contribution in [0.3, 0.4) is 0 Å². The first kappa shape index (κ1) is 40.5. The second kappa shape index (κ2) is 24.9. The van der Waals surface area contributed by atoms with Gasteiger partial charge in [-0.25, -0.2) is 0 Å². The Labute approximate surface area is 252 Å². The highest BCUT2D eigenvalue weighted by Crippen LogP contribution is 2.01. The average molecular weight is 590 g/mol. The SMILES string of the molecule is CC(C)(N)CNCCN(CCN(CCN)CCN)CCN(CCNCCN)CCNCCN(CCN)CC(C)(C)N. The van der Waals surface area contributed by atoms with Crippen LogP contribution in [0.25, 0.3) is 0 Å². The average Bonchev–Trinajstić information content (AvgIpc) is 2.88. The zero-order valence-electron chi connectivity index (χ0n) is 27.3. The molecule has 0 fully saturated rings. The van der Waals surface area contributed by atoms with Crippen molar-refractivity contribution in [2.75, 3.05) is 144 Å². The molecule has 41 heavy (non-hydrogen) atoms. The maximum Gasteiger partial charge on any atom is 0.0226 e. The van der Waals surface area contributed by atoms with Crippen LogP contribution in [0, 0.1) is 0 Å². The van der Waals surface area contributed by atoms with Gasteiger partial charge in [0.15, 0.2) is 0 Å². The summed E-state index contributed by atoms with van der Waals surface area (Å²) in [6.07, 6.45) is 0. The monoisotopic (exact) mass is 590 g/mol. The van der Waals surface area contributed by atoms with E-state index in [1.807, 2.05) is 0 Å². The zero-order valence-corrected chi connectivity index (χ0v) is 27.3. The lowest BCUT2D eigenvalue weighted by Crippen LogP contribution is -2.49. The minimum Gasteiger partial charge on any atom is -0.329 e. The molecule has 0 aliphatic heterocycles. The van der Waals surface area contributed by atoms with E-state index in [2.05, 4.69) is 63.2 Å². The van der Waals surface area contributed by atoms with Crippen molar-refractivity contribution in [3.05, 3.63) is 0 Å². The summed E-state index contributed by atoms with van der Waals surface area (Å²) >= 11 is 0. The van der Waals surface area contributed by atoms with Gasteiger partial charge in [0.25, 0.3) is 0 Å². The minimum atomic E-state index is -0.226. The van der Waals surface area contributed by atoms with E-state index in [4.69, 9.17) is 34.4 Å². The highest BCUT2D eigenvalue weighted by molar-refractivity contribution is 4.78. The lowest BCUT2D eigenvalue weighted by atomic mass is 10.1. The molecule has 0 rings (SSSR count). The van der Waals surface area contributed by atoms with Gasteiger partial charge in [0.1, 0.15) is 0 Å². The van der Waals surface area contributed by atoms with E-state index < -0.39 is 0 Å². The molecule has 13 nitrogen and oxygen atoms in total. The molecule has 0 saturated heterocycles. The Bertz CT molecular complexity index is 562. The third kappa shape index (κ3) is 26.8. The Hall–Kier alpha value is -0.520. The summed E-state index contributed by atoms with van der Waals surface area (Å²) in [7, 11) is 0. The van der Waals surface area contributed by atoms with Gasteiger partial charge in [0, 0.05) is 155 Å². The highest BCUT2D eigenvalue weighted by Gasteiger charge is 2.16. The number of rotatable bonds is 30. The van der Waals surface area contributed by atoms with E-state index in [1.165, 1.54) is 0 Å². The van der Waals surface area contributed by atoms with Crippen molar-refractivity contribution >= 4 is 0 Å². The van der Waals surface area contributed by atoms with Crippen LogP contribution in [0.2, 0.25) is 0 Å². The molecule has 248 valence electrons. The van der Waals surface area contributed by atoms with Gasteiger partial charge in [0.2, 0.25) is 0 Å². The smallest absolute Gasteiger partial charge is 0.0226 e. The molecule has 0 aliphatic rings. The molecule has 0 atom stereocenters. The van der Waals surface area contributed by atoms with Crippen molar-refractivity contribution in [2.24, 2.45) is 34.4 Å². The molecular formula is C28H71N13. The predicted molar refractivity (Wildman–Crippen MR) is 177 cm³/mol. The molecule has 0 amide bonds. The van der Waals surface area contributed by atoms with Gasteiger partial charge in [-0.05, 0) is 27.7 Å². The zero-order chi connectivity index (χ0) is 31.0. The van der Waals surface area contributed by atoms with E-state index in [9.17, 15) is 0 Å². The van der Waals surface area contributed by atoms with Gasteiger partial charge < -0.3 is 50.4 Å². The summed E-state index contributed by atoms with van der Waals surface area (Å²) in [6.45, 7) is 27.5. The van der Waals surface area contributed by atoms with Crippen molar-refractivity contribution in [1.82, 2.24) is 35.6 Å². The topological polar surface area (TPSA) is 205 Å². The van der Waals surface area contributed by atoms with Crippen molar-refractivity contribution in [1.29, 1.82) is 0 Å². The van der Waals surface area contributed by atoms with Crippen molar-refractivity contribution in [3.8, 4) is 0 Å². The third-order valence-electron chi connectivity index (χ3n) is 6.75. The first-order valence-corrected chi connectivity index (χ1v) is 15.8. The lowest BCUT2D eigenvalue weighted by Gasteiger charge is -2.31. The summed E-state index contributed by atoms with van der Waals surface area (Å²) in [5, 5.41) is 10.6. The third-order valence-corrected chi connectivity index (χ3v) is 6.75. The number of hydrogen-bond acceptors (Lipinski definition) is 13. The van der Waals surface area contributed by atoms with Crippen LogP contribution in [-0.4, -0.2) is 175 Å². The summed E-state index contributed by atoms with van der Waals surface area (Å²) in [5.74, 6) is 0. The number of nitrogens with zero attached hydrogens (tertiary/aromatic N) is 4. The number of nitrogens with two attached hydrogens (primary N) is 6. The van der Waals surface area contributed by atoms with Crippen LogP contribution in [-0.2, 0) is 0 Å². The minimum absolute atomic E-state index is 0.216. The maximum absolute atomic E-state index is 6.24. The standard InChI is InChI=1S/C28H71N13/c1-27(2,33)25-37-13-19-40(23-21-38(14-6-30)15-7-31)24-22-39(17-10-35-9-5-29)18-11-36-12-20-41(16-8-32)26-28(3,4)34/h35-37H,5-26,29-34H2,1-4H3. The van der Waals surface area contributed by atoms with Gasteiger partial charge in [-0.3, -0.25) is 19.6 Å². The van der Waals surface area contributed by atoms with Crippen LogP contribution < -0.4 is 50.4 Å². The molecular weight excluding hydrogens is 518 g/mol. The summed E-state index contributed by atoms with van der Waals surface area (Å²) in [4.78, 5) is 9.79. The quantitative estimate of drug-likeness (QED) is 0.0370. The predicted octanol–water partition coefficient (Wildman–Crippen LogP) is -3.73. The van der Waals surface area contributed by atoms with Crippen LogP contribution in [0.1, 0.15) is 27.7 Å². The molecule has 0 spiro atoms. The van der Waals surface area contributed by atoms with E-state index in [1.54, 1.807) is 0 Å². The molecule has 13 heteroatoms. The van der Waals surface area contributed by atoms with E-state index >= 15 is 0 Å². The molecule has 0 aromatic heterocycles. The maximum atomic E-state index is 6.24. The Morgan fingerprint density at radius 1 is 0.415 bits per heavy atom. The fraction of sp³-hybridized carbons (Fsp3) is 1.00. The molecule has 0 aromatic rings. The number of hydrogen-bond donors (Lipinski definition) is 9. The van der Waals surface area contributed by atoms with Gasteiger partial charge in [-0.1, -0.05) is 0 Å². The first-order valence-electron chi connectivity index (χ1n) is 15.8. The van der Waals surface area contributed by atoms with Crippen molar-refractivity contribution in [3.63, 3.8) is 0 Å². The first-order chi connectivity index (χ1) is 19.4.